The predicted molar refractivity (Wildman–Crippen MR) is 127 cm³/mol. The molecule has 0 aliphatic carbocycles. The van der Waals surface area contributed by atoms with Crippen molar-refractivity contribution in [2.45, 2.75) is 37.0 Å². The molecule has 1 N–H and O–H groups in total. The van der Waals surface area contributed by atoms with E-state index in [9.17, 15) is 4.79 Å². The molecule has 3 aromatic rings. The van der Waals surface area contributed by atoms with Crippen molar-refractivity contribution < 1.29 is 23.7 Å². The monoisotopic (exact) mass is 484 g/mol. The number of nitrogens with zero attached hydrogens (tertiary/aromatic N) is 3. The van der Waals surface area contributed by atoms with E-state index in [-0.39, 0.29) is 18.7 Å². The molecule has 4 rings (SSSR count). The average Bonchev–Trinajstić information content (AvgIpc) is 3.48. The highest BCUT2D eigenvalue weighted by molar-refractivity contribution is 7.98. The smallest absolute Gasteiger partial charge is 0.251 e. The van der Waals surface area contributed by atoms with Crippen molar-refractivity contribution in [1.29, 1.82) is 0 Å². The van der Waals surface area contributed by atoms with Gasteiger partial charge in [0, 0.05) is 32.1 Å². The Balaban J connectivity index is 1.33. The molecule has 0 bridgehead atoms. The molecule has 1 aliphatic rings. The number of hydrogen-bond acceptors (Lipinski definition) is 8. The van der Waals surface area contributed by atoms with E-state index >= 15 is 0 Å². The highest BCUT2D eigenvalue weighted by Crippen LogP contribution is 2.32. The summed E-state index contributed by atoms with van der Waals surface area (Å²) in [6.45, 7) is 3.64. The summed E-state index contributed by atoms with van der Waals surface area (Å²) in [4.78, 5) is 12.6. The Hall–Kier alpha value is -3.08. The fourth-order valence-corrected chi connectivity index (χ4v) is 4.64. The molecule has 34 heavy (non-hydrogen) atoms. The molecule has 2 heterocycles. The quantitative estimate of drug-likeness (QED) is 0.413. The Morgan fingerprint density at radius 1 is 1.09 bits per heavy atom. The highest BCUT2D eigenvalue weighted by Gasteiger charge is 2.18. The van der Waals surface area contributed by atoms with Crippen molar-refractivity contribution in [3.63, 3.8) is 0 Å². The Labute approximate surface area is 202 Å². The topological polar surface area (TPSA) is 96.7 Å². The average molecular weight is 485 g/mol. The van der Waals surface area contributed by atoms with E-state index in [1.54, 1.807) is 26.0 Å². The van der Waals surface area contributed by atoms with Crippen LogP contribution in [0, 0.1) is 0 Å². The van der Waals surface area contributed by atoms with Gasteiger partial charge in [-0.2, -0.15) is 0 Å². The maximum Gasteiger partial charge on any atom is 0.251 e. The van der Waals surface area contributed by atoms with Gasteiger partial charge in [0.05, 0.1) is 12.6 Å². The molecule has 1 atom stereocenters. The third kappa shape index (κ3) is 5.69. The van der Waals surface area contributed by atoms with Gasteiger partial charge in [0.2, 0.25) is 6.79 Å². The molecular formula is C24H28N4O5S. The van der Waals surface area contributed by atoms with E-state index in [4.69, 9.17) is 18.9 Å². The van der Waals surface area contributed by atoms with Crippen molar-refractivity contribution in [2.75, 3.05) is 27.6 Å². The summed E-state index contributed by atoms with van der Waals surface area (Å²) in [5.74, 6) is 2.77. The first-order valence-corrected chi connectivity index (χ1v) is 11.9. The second-order valence-electron chi connectivity index (χ2n) is 7.86. The Morgan fingerprint density at radius 2 is 1.85 bits per heavy atom. The lowest BCUT2D eigenvalue weighted by Gasteiger charge is -2.17. The molecule has 2 aromatic carbocycles. The van der Waals surface area contributed by atoms with Crippen molar-refractivity contribution in [3.8, 4) is 11.5 Å². The molecule has 0 fully saturated rings. The second-order valence-corrected chi connectivity index (χ2v) is 8.80. The van der Waals surface area contributed by atoms with Crippen molar-refractivity contribution in [3.05, 3.63) is 65.0 Å². The van der Waals surface area contributed by atoms with Gasteiger partial charge in [-0.3, -0.25) is 9.36 Å². The lowest BCUT2D eigenvalue weighted by atomic mass is 10.1. The molecular weight excluding hydrogens is 456 g/mol. The van der Waals surface area contributed by atoms with Gasteiger partial charge in [-0.15, -0.1) is 10.2 Å². The van der Waals surface area contributed by atoms with Gasteiger partial charge in [0.25, 0.3) is 5.91 Å². The zero-order chi connectivity index (χ0) is 23.9. The van der Waals surface area contributed by atoms with E-state index in [0.29, 0.717) is 36.8 Å². The van der Waals surface area contributed by atoms with Crippen LogP contribution in [-0.2, 0) is 28.4 Å². The Morgan fingerprint density at radius 3 is 2.62 bits per heavy atom. The number of ether oxygens (including phenoxy) is 4. The molecule has 1 amide bonds. The van der Waals surface area contributed by atoms with Crippen molar-refractivity contribution >= 4 is 17.7 Å². The first kappa shape index (κ1) is 24.1. The highest BCUT2D eigenvalue weighted by atomic mass is 32.2. The first-order chi connectivity index (χ1) is 16.6. The predicted octanol–water partition coefficient (Wildman–Crippen LogP) is 3.58. The standard InChI is InChI=1S/C24H28N4O5S/c1-16(12-30-2)28-22(13-31-3)26-27-24(28)34-14-17-4-7-19(8-5-17)23(29)25-11-18-6-9-20-21(10-18)33-15-32-20/h4-10,16H,11-15H2,1-3H3,(H,25,29)/t16-/m0/s1. The zero-order valence-electron chi connectivity index (χ0n) is 19.4. The molecule has 0 saturated heterocycles. The number of fused-ring (bicyclic) bond motifs is 1. The number of rotatable bonds is 11. The number of methoxy groups -OCH3 is 2. The van der Waals surface area contributed by atoms with Gasteiger partial charge in [-0.1, -0.05) is 30.0 Å². The maximum absolute atomic E-state index is 12.6. The van der Waals surface area contributed by atoms with E-state index < -0.39 is 0 Å². The van der Waals surface area contributed by atoms with Crippen molar-refractivity contribution in [2.24, 2.45) is 0 Å². The third-order valence-electron chi connectivity index (χ3n) is 5.33. The van der Waals surface area contributed by atoms with Crippen LogP contribution < -0.4 is 14.8 Å². The van der Waals surface area contributed by atoms with E-state index in [0.717, 1.165) is 27.9 Å². The van der Waals surface area contributed by atoms with Crippen LogP contribution in [0.15, 0.2) is 47.6 Å². The maximum atomic E-state index is 12.6. The molecule has 0 unspecified atom stereocenters. The Kier molecular flexibility index (Phi) is 8.04. The van der Waals surface area contributed by atoms with Crippen LogP contribution in [0.2, 0.25) is 0 Å². The minimum absolute atomic E-state index is 0.0866. The van der Waals surface area contributed by atoms with Gasteiger partial charge in [0.1, 0.15) is 6.61 Å². The van der Waals surface area contributed by atoms with Crippen LogP contribution in [-0.4, -0.2) is 48.3 Å². The number of nitrogens with one attached hydrogen (secondary N) is 1. The number of aromatic nitrogens is 3. The lowest BCUT2D eigenvalue weighted by Crippen LogP contribution is -2.22. The molecule has 1 aromatic heterocycles. The minimum atomic E-state index is -0.130. The van der Waals surface area contributed by atoms with Crippen LogP contribution in [0.3, 0.4) is 0 Å². The fourth-order valence-electron chi connectivity index (χ4n) is 3.63. The molecule has 0 spiro atoms. The summed E-state index contributed by atoms with van der Waals surface area (Å²) in [6, 6.07) is 13.3. The molecule has 0 saturated carbocycles. The van der Waals surface area contributed by atoms with Crippen LogP contribution in [0.5, 0.6) is 11.5 Å². The number of hydrogen-bond donors (Lipinski definition) is 1. The number of benzene rings is 2. The van der Waals surface area contributed by atoms with E-state index in [1.807, 2.05) is 42.5 Å². The number of thioether (sulfide) groups is 1. The van der Waals surface area contributed by atoms with Gasteiger partial charge in [0.15, 0.2) is 22.5 Å². The van der Waals surface area contributed by atoms with E-state index in [2.05, 4.69) is 27.0 Å². The number of carbonyl (C=O) groups is 1. The molecule has 0 radical (unpaired) electrons. The molecule has 180 valence electrons. The summed E-state index contributed by atoms with van der Waals surface area (Å²) in [5.41, 5.74) is 2.64. The largest absolute Gasteiger partial charge is 0.454 e. The number of amides is 1. The van der Waals surface area contributed by atoms with Gasteiger partial charge >= 0.3 is 0 Å². The molecule has 10 heteroatoms. The van der Waals surface area contributed by atoms with Gasteiger partial charge in [-0.05, 0) is 42.3 Å². The minimum Gasteiger partial charge on any atom is -0.454 e. The van der Waals surface area contributed by atoms with Crippen LogP contribution in [0.4, 0.5) is 0 Å². The lowest BCUT2D eigenvalue weighted by molar-refractivity contribution is 0.0951. The number of carbonyl (C=O) groups excluding carboxylic acids is 1. The van der Waals surface area contributed by atoms with Crippen LogP contribution in [0.25, 0.3) is 0 Å². The summed E-state index contributed by atoms with van der Waals surface area (Å²) in [6.07, 6.45) is 0. The summed E-state index contributed by atoms with van der Waals surface area (Å²) < 4.78 is 23.3. The fraction of sp³-hybridized carbons (Fsp3) is 0.375. The van der Waals surface area contributed by atoms with Crippen molar-refractivity contribution in [1.82, 2.24) is 20.1 Å². The van der Waals surface area contributed by atoms with Crippen LogP contribution >= 0.6 is 11.8 Å². The zero-order valence-corrected chi connectivity index (χ0v) is 20.3. The van der Waals surface area contributed by atoms with E-state index in [1.165, 1.54) is 0 Å². The van der Waals surface area contributed by atoms with Crippen LogP contribution in [0.1, 0.15) is 40.3 Å². The normalized spacial score (nSPS) is 13.1. The first-order valence-electron chi connectivity index (χ1n) is 10.9. The SMILES string of the molecule is COCc1nnc(SCc2ccc(C(=O)NCc3ccc4c(c3)OCO4)cc2)n1[C@@H](C)COC. The summed E-state index contributed by atoms with van der Waals surface area (Å²) >= 11 is 1.59. The van der Waals surface area contributed by atoms with Gasteiger partial charge < -0.3 is 24.3 Å². The summed E-state index contributed by atoms with van der Waals surface area (Å²) in [5, 5.41) is 12.4. The third-order valence-corrected chi connectivity index (χ3v) is 6.35. The Bertz CT molecular complexity index is 1120. The van der Waals surface area contributed by atoms with Gasteiger partial charge in [-0.25, -0.2) is 0 Å². The molecule has 9 nitrogen and oxygen atoms in total. The second kappa shape index (κ2) is 11.4. The molecule has 1 aliphatic heterocycles. The summed E-state index contributed by atoms with van der Waals surface area (Å²) in [7, 11) is 3.32.